The van der Waals surface area contributed by atoms with Crippen LogP contribution in [-0.2, 0) is 9.53 Å². The first-order valence-corrected chi connectivity index (χ1v) is 8.39. The number of esters is 1. The van der Waals surface area contributed by atoms with Crippen molar-refractivity contribution >= 4 is 30.5 Å². The topological polar surface area (TPSA) is 26.3 Å². The third-order valence-electron chi connectivity index (χ3n) is 2.26. The predicted molar refractivity (Wildman–Crippen MR) is 67.1 cm³/mol. The zero-order valence-electron chi connectivity index (χ0n) is 9.65. The molecular formula is C13H18O2Te. The summed E-state index contributed by atoms with van der Waals surface area (Å²) in [5.74, 6) is -0.0838. The molecule has 0 aliphatic heterocycles. The van der Waals surface area contributed by atoms with Crippen LogP contribution >= 0.6 is 0 Å². The van der Waals surface area contributed by atoms with Crippen molar-refractivity contribution in [1.29, 1.82) is 0 Å². The Labute approximate surface area is 107 Å². The summed E-state index contributed by atoms with van der Waals surface area (Å²) in [6.45, 7) is 0. The number of unbranched alkanes of at least 4 members (excludes halogenated alkanes) is 2. The van der Waals surface area contributed by atoms with Gasteiger partial charge in [-0.2, -0.15) is 0 Å². The van der Waals surface area contributed by atoms with E-state index in [4.69, 9.17) is 0 Å². The molecule has 0 fully saturated rings. The van der Waals surface area contributed by atoms with Crippen molar-refractivity contribution in [3.8, 4) is 0 Å². The Morgan fingerprint density at radius 1 is 1.19 bits per heavy atom. The molecule has 0 spiro atoms. The van der Waals surface area contributed by atoms with Gasteiger partial charge in [-0.1, -0.05) is 0 Å². The standard InChI is InChI=1S/C13H18O2Te/c1-15-13(14)10-6-3-7-11-16-12-8-4-2-5-9-12/h2,4-5,8-9H,3,6-7,10-11H2,1H3. The van der Waals surface area contributed by atoms with E-state index in [0.29, 0.717) is 6.42 Å². The van der Waals surface area contributed by atoms with Crippen LogP contribution in [0.1, 0.15) is 25.7 Å². The first-order chi connectivity index (χ1) is 7.83. The molecule has 0 aliphatic carbocycles. The average Bonchev–Trinajstić information content (AvgIpc) is 2.34. The van der Waals surface area contributed by atoms with E-state index in [1.807, 2.05) is 0 Å². The van der Waals surface area contributed by atoms with E-state index in [1.165, 1.54) is 21.6 Å². The van der Waals surface area contributed by atoms with Crippen molar-refractivity contribution in [3.63, 3.8) is 0 Å². The van der Waals surface area contributed by atoms with Gasteiger partial charge in [0.05, 0.1) is 0 Å². The number of hydrogen-bond donors (Lipinski definition) is 0. The van der Waals surface area contributed by atoms with Gasteiger partial charge in [-0.15, -0.1) is 0 Å². The van der Waals surface area contributed by atoms with Gasteiger partial charge >= 0.3 is 108 Å². The SMILES string of the molecule is COC(=O)CCCCC[Te]c1ccccc1. The van der Waals surface area contributed by atoms with Gasteiger partial charge in [0.2, 0.25) is 0 Å². The fourth-order valence-corrected chi connectivity index (χ4v) is 4.02. The second-order valence-electron chi connectivity index (χ2n) is 3.55. The normalized spacial score (nSPS) is 10.1. The molecule has 3 heteroatoms. The fraction of sp³-hybridized carbons (Fsp3) is 0.462. The summed E-state index contributed by atoms with van der Waals surface area (Å²) in [4.78, 5) is 10.9. The van der Waals surface area contributed by atoms with Gasteiger partial charge < -0.3 is 0 Å². The van der Waals surface area contributed by atoms with E-state index >= 15 is 0 Å². The van der Waals surface area contributed by atoms with Gasteiger partial charge in [0.15, 0.2) is 0 Å². The van der Waals surface area contributed by atoms with Crippen molar-refractivity contribution in [2.45, 2.75) is 30.2 Å². The Kier molecular flexibility index (Phi) is 7.29. The molecule has 0 heterocycles. The van der Waals surface area contributed by atoms with Crippen LogP contribution in [0.4, 0.5) is 0 Å². The second-order valence-corrected chi connectivity index (χ2v) is 6.88. The zero-order chi connectivity index (χ0) is 11.6. The van der Waals surface area contributed by atoms with Crippen LogP contribution in [0, 0.1) is 0 Å². The summed E-state index contributed by atoms with van der Waals surface area (Å²) in [7, 11) is 1.45. The van der Waals surface area contributed by atoms with Gasteiger partial charge in [-0.05, 0) is 0 Å². The average molecular weight is 334 g/mol. The summed E-state index contributed by atoms with van der Waals surface area (Å²) in [5, 5.41) is 0. The van der Waals surface area contributed by atoms with E-state index in [9.17, 15) is 4.79 Å². The monoisotopic (exact) mass is 336 g/mol. The summed E-state index contributed by atoms with van der Waals surface area (Å²) in [6.07, 6.45) is 3.93. The summed E-state index contributed by atoms with van der Waals surface area (Å²) in [6, 6.07) is 10.7. The minimum absolute atomic E-state index is 0.00220. The molecule has 16 heavy (non-hydrogen) atoms. The van der Waals surface area contributed by atoms with Crippen molar-refractivity contribution in [3.05, 3.63) is 30.3 Å². The summed E-state index contributed by atoms with van der Waals surface area (Å²) >= 11 is -0.00220. The number of benzene rings is 1. The zero-order valence-corrected chi connectivity index (χ0v) is 12.0. The summed E-state index contributed by atoms with van der Waals surface area (Å²) in [5.41, 5.74) is 0. The first kappa shape index (κ1) is 13.5. The molecule has 0 atom stereocenters. The van der Waals surface area contributed by atoms with Gasteiger partial charge in [-0.3, -0.25) is 0 Å². The number of carbonyl (C=O) groups is 1. The molecule has 0 aromatic heterocycles. The minimum atomic E-state index is -0.0838. The number of methoxy groups -OCH3 is 1. The molecular weight excluding hydrogens is 316 g/mol. The number of hydrogen-bond acceptors (Lipinski definition) is 2. The Hall–Kier alpha value is -0.520. The van der Waals surface area contributed by atoms with Gasteiger partial charge in [0, 0.05) is 0 Å². The summed E-state index contributed by atoms with van der Waals surface area (Å²) < 4.78 is 7.45. The molecule has 0 bridgehead atoms. The van der Waals surface area contributed by atoms with Crippen LogP contribution in [-0.4, -0.2) is 34.0 Å². The van der Waals surface area contributed by atoms with Crippen LogP contribution in [0.3, 0.4) is 0 Å². The maximum atomic E-state index is 10.9. The molecule has 0 aliphatic rings. The third kappa shape index (κ3) is 6.15. The van der Waals surface area contributed by atoms with Gasteiger partial charge in [0.1, 0.15) is 0 Å². The van der Waals surface area contributed by atoms with Crippen LogP contribution in [0.25, 0.3) is 0 Å². The molecule has 1 rings (SSSR count). The molecule has 1 aromatic carbocycles. The molecule has 0 saturated heterocycles. The van der Waals surface area contributed by atoms with Crippen molar-refractivity contribution in [2.75, 3.05) is 7.11 Å². The van der Waals surface area contributed by atoms with E-state index in [2.05, 4.69) is 35.1 Å². The quantitative estimate of drug-likeness (QED) is 0.434. The van der Waals surface area contributed by atoms with E-state index in [1.54, 1.807) is 0 Å². The van der Waals surface area contributed by atoms with E-state index in [0.717, 1.165) is 12.8 Å². The number of rotatable bonds is 7. The van der Waals surface area contributed by atoms with Crippen LogP contribution < -0.4 is 3.61 Å². The van der Waals surface area contributed by atoms with Gasteiger partial charge in [-0.25, -0.2) is 0 Å². The molecule has 0 saturated carbocycles. The first-order valence-electron chi connectivity index (χ1n) is 5.57. The van der Waals surface area contributed by atoms with Gasteiger partial charge in [0.25, 0.3) is 0 Å². The Morgan fingerprint density at radius 2 is 1.94 bits per heavy atom. The van der Waals surface area contributed by atoms with Crippen molar-refractivity contribution < 1.29 is 9.53 Å². The second kappa shape index (κ2) is 8.61. The number of carbonyl (C=O) groups excluding carboxylic acids is 1. The van der Waals surface area contributed by atoms with E-state index in [-0.39, 0.29) is 26.9 Å². The molecule has 2 nitrogen and oxygen atoms in total. The molecule has 0 amide bonds. The predicted octanol–water partition coefficient (Wildman–Crippen LogP) is 2.17. The maximum absolute atomic E-state index is 10.9. The number of ether oxygens (including phenoxy) is 1. The molecule has 0 N–H and O–H groups in total. The Morgan fingerprint density at radius 3 is 2.62 bits per heavy atom. The molecule has 0 unspecified atom stereocenters. The van der Waals surface area contributed by atoms with Crippen LogP contribution in [0.5, 0.6) is 0 Å². The molecule has 0 radical (unpaired) electrons. The van der Waals surface area contributed by atoms with Crippen molar-refractivity contribution in [1.82, 2.24) is 0 Å². The fourth-order valence-electron chi connectivity index (χ4n) is 1.36. The third-order valence-corrected chi connectivity index (χ3v) is 5.40. The Bertz CT molecular complexity index is 298. The van der Waals surface area contributed by atoms with Crippen LogP contribution in [0.2, 0.25) is 4.47 Å². The van der Waals surface area contributed by atoms with E-state index < -0.39 is 0 Å². The Balaban J connectivity index is 1.98. The van der Waals surface area contributed by atoms with Crippen molar-refractivity contribution in [2.24, 2.45) is 0 Å². The molecule has 88 valence electrons. The van der Waals surface area contributed by atoms with Crippen LogP contribution in [0.15, 0.2) is 30.3 Å². The molecule has 1 aromatic rings.